The second-order valence-electron chi connectivity index (χ2n) is 3.39. The van der Waals surface area contributed by atoms with E-state index in [0.717, 1.165) is 10.6 Å². The Kier molecular flexibility index (Phi) is 3.75. The van der Waals surface area contributed by atoms with E-state index in [4.69, 9.17) is 5.73 Å². The molecule has 0 aliphatic rings. The van der Waals surface area contributed by atoms with Gasteiger partial charge in [0.25, 0.3) is 0 Å². The first kappa shape index (κ1) is 10.5. The van der Waals surface area contributed by atoms with E-state index in [1.807, 2.05) is 25.3 Å². The molecule has 0 aliphatic carbocycles. The highest BCUT2D eigenvalue weighted by Gasteiger charge is 2.02. The molecular formula is C10H16N2S. The average Bonchev–Trinajstić information content (AvgIpc) is 2.04. The van der Waals surface area contributed by atoms with Gasteiger partial charge in [-0.25, -0.2) is 4.98 Å². The lowest BCUT2D eigenvalue weighted by atomic mass is 10.2. The number of aromatic nitrogens is 1. The van der Waals surface area contributed by atoms with Crippen molar-refractivity contribution in [3.63, 3.8) is 0 Å². The quantitative estimate of drug-likeness (QED) is 0.755. The Morgan fingerprint density at radius 1 is 1.31 bits per heavy atom. The molecule has 0 amide bonds. The van der Waals surface area contributed by atoms with Gasteiger partial charge >= 0.3 is 0 Å². The van der Waals surface area contributed by atoms with Crippen molar-refractivity contribution >= 4 is 11.8 Å². The van der Waals surface area contributed by atoms with Crippen LogP contribution in [0.1, 0.15) is 32.4 Å². The summed E-state index contributed by atoms with van der Waals surface area (Å²) in [7, 11) is 0. The second-order valence-corrected chi connectivity index (χ2v) is 4.98. The molecule has 1 heterocycles. The monoisotopic (exact) mass is 196 g/mol. The van der Waals surface area contributed by atoms with Crippen molar-refractivity contribution < 1.29 is 0 Å². The van der Waals surface area contributed by atoms with E-state index in [1.165, 1.54) is 0 Å². The SMILES string of the molecule is CC(C)Sc1ccc(C(C)N)cn1. The minimum Gasteiger partial charge on any atom is -0.324 e. The predicted octanol–water partition coefficient (Wildman–Crippen LogP) is 2.60. The summed E-state index contributed by atoms with van der Waals surface area (Å²) in [6.07, 6.45) is 1.86. The first-order chi connectivity index (χ1) is 6.09. The van der Waals surface area contributed by atoms with Crippen LogP contribution >= 0.6 is 11.8 Å². The van der Waals surface area contributed by atoms with Crippen molar-refractivity contribution in [2.75, 3.05) is 0 Å². The largest absolute Gasteiger partial charge is 0.324 e. The molecule has 0 saturated heterocycles. The molecule has 0 spiro atoms. The summed E-state index contributed by atoms with van der Waals surface area (Å²) in [5, 5.41) is 1.65. The maximum Gasteiger partial charge on any atom is 0.0962 e. The van der Waals surface area contributed by atoms with Gasteiger partial charge in [-0.15, -0.1) is 11.8 Å². The van der Waals surface area contributed by atoms with Gasteiger partial charge in [0.1, 0.15) is 0 Å². The Morgan fingerprint density at radius 3 is 2.38 bits per heavy atom. The molecule has 72 valence electrons. The van der Waals surface area contributed by atoms with Crippen molar-refractivity contribution in [2.45, 2.75) is 37.1 Å². The molecule has 1 atom stereocenters. The Hall–Kier alpha value is -0.540. The molecule has 0 radical (unpaired) electrons. The third kappa shape index (κ3) is 3.36. The van der Waals surface area contributed by atoms with E-state index in [0.29, 0.717) is 5.25 Å². The highest BCUT2D eigenvalue weighted by atomic mass is 32.2. The van der Waals surface area contributed by atoms with Gasteiger partial charge < -0.3 is 5.73 Å². The Labute approximate surface area is 83.9 Å². The predicted molar refractivity (Wildman–Crippen MR) is 57.8 cm³/mol. The molecule has 0 saturated carbocycles. The van der Waals surface area contributed by atoms with E-state index in [1.54, 1.807) is 11.8 Å². The third-order valence-electron chi connectivity index (χ3n) is 1.64. The Bertz CT molecular complexity index is 254. The number of nitrogens with two attached hydrogens (primary N) is 1. The second kappa shape index (κ2) is 4.63. The molecule has 0 bridgehead atoms. The number of nitrogens with zero attached hydrogens (tertiary/aromatic N) is 1. The van der Waals surface area contributed by atoms with Gasteiger partial charge in [0.15, 0.2) is 0 Å². The van der Waals surface area contributed by atoms with Crippen molar-refractivity contribution in [2.24, 2.45) is 5.73 Å². The van der Waals surface area contributed by atoms with Crippen LogP contribution < -0.4 is 5.73 Å². The van der Waals surface area contributed by atoms with Crippen LogP contribution in [-0.4, -0.2) is 10.2 Å². The Morgan fingerprint density at radius 2 is 2.00 bits per heavy atom. The summed E-state index contributed by atoms with van der Waals surface area (Å²) in [5.74, 6) is 0. The van der Waals surface area contributed by atoms with E-state index < -0.39 is 0 Å². The summed E-state index contributed by atoms with van der Waals surface area (Å²) >= 11 is 1.77. The minimum absolute atomic E-state index is 0.0746. The summed E-state index contributed by atoms with van der Waals surface area (Å²) in [5.41, 5.74) is 6.81. The number of pyridine rings is 1. The van der Waals surface area contributed by atoms with Crippen molar-refractivity contribution in [1.82, 2.24) is 4.98 Å². The molecular weight excluding hydrogens is 180 g/mol. The van der Waals surface area contributed by atoms with Crippen LogP contribution in [0.25, 0.3) is 0 Å². The van der Waals surface area contributed by atoms with Crippen LogP contribution in [0.5, 0.6) is 0 Å². The smallest absolute Gasteiger partial charge is 0.0962 e. The van der Waals surface area contributed by atoms with Crippen molar-refractivity contribution in [3.8, 4) is 0 Å². The van der Waals surface area contributed by atoms with Crippen LogP contribution in [0, 0.1) is 0 Å². The number of thioether (sulfide) groups is 1. The maximum atomic E-state index is 5.72. The fourth-order valence-electron chi connectivity index (χ4n) is 0.972. The standard InChI is InChI=1S/C10H16N2S/c1-7(2)13-10-5-4-9(6-12-10)8(3)11/h4-8H,11H2,1-3H3. The number of hydrogen-bond donors (Lipinski definition) is 1. The van der Waals surface area contributed by atoms with Crippen LogP contribution in [0.2, 0.25) is 0 Å². The third-order valence-corrected chi connectivity index (χ3v) is 2.60. The average molecular weight is 196 g/mol. The van der Waals surface area contributed by atoms with Gasteiger partial charge in [-0.2, -0.15) is 0 Å². The number of hydrogen-bond acceptors (Lipinski definition) is 3. The van der Waals surface area contributed by atoms with E-state index in [2.05, 4.69) is 18.8 Å². The zero-order chi connectivity index (χ0) is 9.84. The molecule has 1 aromatic heterocycles. The van der Waals surface area contributed by atoms with E-state index in [-0.39, 0.29) is 6.04 Å². The van der Waals surface area contributed by atoms with Crippen LogP contribution in [-0.2, 0) is 0 Å². The molecule has 3 heteroatoms. The van der Waals surface area contributed by atoms with Crippen LogP contribution in [0.15, 0.2) is 23.4 Å². The molecule has 0 aliphatic heterocycles. The lowest BCUT2D eigenvalue weighted by molar-refractivity contribution is 0.806. The molecule has 2 N–H and O–H groups in total. The fourth-order valence-corrected chi connectivity index (χ4v) is 1.72. The van der Waals surface area contributed by atoms with E-state index >= 15 is 0 Å². The van der Waals surface area contributed by atoms with Gasteiger partial charge in [-0.1, -0.05) is 19.9 Å². The van der Waals surface area contributed by atoms with Gasteiger partial charge in [0.2, 0.25) is 0 Å². The maximum absolute atomic E-state index is 5.72. The van der Waals surface area contributed by atoms with Gasteiger partial charge in [-0.3, -0.25) is 0 Å². The summed E-state index contributed by atoms with van der Waals surface area (Å²) in [4.78, 5) is 4.32. The summed E-state index contributed by atoms with van der Waals surface area (Å²) < 4.78 is 0. The fraction of sp³-hybridized carbons (Fsp3) is 0.500. The normalized spacial score (nSPS) is 13.3. The van der Waals surface area contributed by atoms with Gasteiger partial charge in [0, 0.05) is 17.5 Å². The lowest BCUT2D eigenvalue weighted by Crippen LogP contribution is -2.05. The molecule has 13 heavy (non-hydrogen) atoms. The highest BCUT2D eigenvalue weighted by molar-refractivity contribution is 7.99. The van der Waals surface area contributed by atoms with E-state index in [9.17, 15) is 0 Å². The van der Waals surface area contributed by atoms with Crippen LogP contribution in [0.3, 0.4) is 0 Å². The highest BCUT2D eigenvalue weighted by Crippen LogP contribution is 2.21. The number of rotatable bonds is 3. The van der Waals surface area contributed by atoms with Crippen molar-refractivity contribution in [3.05, 3.63) is 23.9 Å². The molecule has 1 rings (SSSR count). The van der Waals surface area contributed by atoms with Crippen LogP contribution in [0.4, 0.5) is 0 Å². The van der Waals surface area contributed by atoms with Gasteiger partial charge in [-0.05, 0) is 18.6 Å². The zero-order valence-corrected chi connectivity index (χ0v) is 9.14. The minimum atomic E-state index is 0.0746. The van der Waals surface area contributed by atoms with Crippen molar-refractivity contribution in [1.29, 1.82) is 0 Å². The summed E-state index contributed by atoms with van der Waals surface area (Å²) in [6.45, 7) is 6.28. The topological polar surface area (TPSA) is 38.9 Å². The molecule has 0 fully saturated rings. The zero-order valence-electron chi connectivity index (χ0n) is 8.32. The first-order valence-corrected chi connectivity index (χ1v) is 5.35. The lowest BCUT2D eigenvalue weighted by Gasteiger charge is -2.07. The first-order valence-electron chi connectivity index (χ1n) is 4.48. The molecule has 0 aromatic carbocycles. The Balaban J connectivity index is 2.70. The molecule has 1 unspecified atom stereocenters. The molecule has 1 aromatic rings. The molecule has 2 nitrogen and oxygen atoms in total. The summed E-state index contributed by atoms with van der Waals surface area (Å²) in [6, 6.07) is 4.15. The van der Waals surface area contributed by atoms with Gasteiger partial charge in [0.05, 0.1) is 5.03 Å².